The second-order valence-corrected chi connectivity index (χ2v) is 4.87. The summed E-state index contributed by atoms with van der Waals surface area (Å²) in [5.41, 5.74) is 0.971. The monoisotopic (exact) mass is 249 g/mol. The van der Waals surface area contributed by atoms with E-state index in [9.17, 15) is 9.90 Å². The minimum Gasteiger partial charge on any atom is -0.445 e. The minimum absolute atomic E-state index is 0.00474. The molecule has 4 nitrogen and oxygen atoms in total. The van der Waals surface area contributed by atoms with E-state index in [0.717, 1.165) is 12.0 Å². The fraction of sp³-hybridized carbons (Fsp3) is 0.500. The lowest BCUT2D eigenvalue weighted by molar-refractivity contribution is 0.0792. The summed E-state index contributed by atoms with van der Waals surface area (Å²) in [6.07, 6.45) is 0.513. The van der Waals surface area contributed by atoms with Gasteiger partial charge in [-0.25, -0.2) is 4.79 Å². The van der Waals surface area contributed by atoms with Crippen molar-refractivity contribution in [3.63, 3.8) is 0 Å². The molecule has 1 aromatic carbocycles. The third-order valence-corrected chi connectivity index (χ3v) is 3.27. The predicted molar refractivity (Wildman–Crippen MR) is 68.0 cm³/mol. The topological polar surface area (TPSA) is 49.8 Å². The Balaban J connectivity index is 1.88. The Morgan fingerprint density at radius 2 is 2.17 bits per heavy atom. The van der Waals surface area contributed by atoms with Crippen molar-refractivity contribution >= 4 is 6.09 Å². The van der Waals surface area contributed by atoms with Crippen LogP contribution in [0, 0.1) is 5.92 Å². The standard InChI is InChI=1S/C14H19NO3/c1-11-7-13(9-16)15(8-11)14(17)18-10-12-5-3-2-4-6-12/h2-6,11,13,16H,7-10H2,1H3/t11-,13+/m1/s1. The minimum atomic E-state index is -0.331. The fourth-order valence-corrected chi connectivity index (χ4v) is 2.35. The molecule has 1 heterocycles. The van der Waals surface area contributed by atoms with E-state index in [1.807, 2.05) is 30.3 Å². The maximum absolute atomic E-state index is 11.9. The number of amides is 1. The number of rotatable bonds is 3. The molecule has 1 aromatic rings. The molecule has 1 amide bonds. The zero-order valence-corrected chi connectivity index (χ0v) is 10.6. The summed E-state index contributed by atoms with van der Waals surface area (Å²) in [4.78, 5) is 13.6. The van der Waals surface area contributed by atoms with Gasteiger partial charge in [-0.2, -0.15) is 0 Å². The number of hydrogen-bond acceptors (Lipinski definition) is 3. The molecule has 1 aliphatic rings. The number of carbonyl (C=O) groups excluding carboxylic acids is 1. The maximum Gasteiger partial charge on any atom is 0.410 e. The zero-order chi connectivity index (χ0) is 13.0. The average molecular weight is 249 g/mol. The van der Waals surface area contributed by atoms with Crippen LogP contribution >= 0.6 is 0 Å². The van der Waals surface area contributed by atoms with Gasteiger partial charge in [0.1, 0.15) is 6.61 Å². The number of carbonyl (C=O) groups is 1. The number of likely N-dealkylation sites (tertiary alicyclic amines) is 1. The highest BCUT2D eigenvalue weighted by Crippen LogP contribution is 2.23. The first kappa shape index (κ1) is 12.9. The van der Waals surface area contributed by atoms with E-state index < -0.39 is 0 Å². The van der Waals surface area contributed by atoms with Gasteiger partial charge < -0.3 is 14.7 Å². The smallest absolute Gasteiger partial charge is 0.410 e. The molecule has 0 unspecified atom stereocenters. The molecule has 18 heavy (non-hydrogen) atoms. The second-order valence-electron chi connectivity index (χ2n) is 4.87. The van der Waals surface area contributed by atoms with E-state index >= 15 is 0 Å². The van der Waals surface area contributed by atoms with E-state index in [1.165, 1.54) is 0 Å². The van der Waals surface area contributed by atoms with Crippen LogP contribution in [-0.2, 0) is 11.3 Å². The highest BCUT2D eigenvalue weighted by molar-refractivity contribution is 5.68. The van der Waals surface area contributed by atoms with Crippen LogP contribution in [0.15, 0.2) is 30.3 Å². The lowest BCUT2D eigenvalue weighted by Gasteiger charge is -2.22. The fourth-order valence-electron chi connectivity index (χ4n) is 2.35. The van der Waals surface area contributed by atoms with Crippen molar-refractivity contribution in [2.75, 3.05) is 13.2 Å². The van der Waals surface area contributed by atoms with Gasteiger partial charge >= 0.3 is 6.09 Å². The van der Waals surface area contributed by atoms with Crippen molar-refractivity contribution in [2.24, 2.45) is 5.92 Å². The van der Waals surface area contributed by atoms with Crippen LogP contribution in [0.25, 0.3) is 0 Å². The highest BCUT2D eigenvalue weighted by Gasteiger charge is 2.33. The Hall–Kier alpha value is -1.55. The number of aliphatic hydroxyl groups excluding tert-OH is 1. The van der Waals surface area contributed by atoms with Crippen LogP contribution in [0.3, 0.4) is 0 Å². The molecular weight excluding hydrogens is 230 g/mol. The molecule has 1 saturated heterocycles. The molecule has 98 valence electrons. The Bertz CT molecular complexity index is 393. The molecule has 0 aromatic heterocycles. The van der Waals surface area contributed by atoms with E-state index in [2.05, 4.69) is 6.92 Å². The molecule has 2 rings (SSSR count). The van der Waals surface area contributed by atoms with Gasteiger partial charge in [0.2, 0.25) is 0 Å². The number of benzene rings is 1. The first-order chi connectivity index (χ1) is 8.70. The van der Waals surface area contributed by atoms with Gasteiger partial charge in [-0.3, -0.25) is 0 Å². The number of hydrogen-bond donors (Lipinski definition) is 1. The summed E-state index contributed by atoms with van der Waals surface area (Å²) in [6, 6.07) is 9.50. The molecule has 0 radical (unpaired) electrons. The first-order valence-corrected chi connectivity index (χ1v) is 6.29. The highest BCUT2D eigenvalue weighted by atomic mass is 16.6. The molecule has 4 heteroatoms. The molecule has 0 aliphatic carbocycles. The first-order valence-electron chi connectivity index (χ1n) is 6.29. The number of ether oxygens (including phenoxy) is 1. The molecule has 0 bridgehead atoms. The van der Waals surface area contributed by atoms with Crippen molar-refractivity contribution in [3.8, 4) is 0 Å². The quantitative estimate of drug-likeness (QED) is 0.891. The average Bonchev–Trinajstić information content (AvgIpc) is 2.78. The Labute approximate surface area is 107 Å². The number of nitrogens with zero attached hydrogens (tertiary/aromatic N) is 1. The van der Waals surface area contributed by atoms with Gasteiger partial charge in [0.15, 0.2) is 0 Å². The molecule has 1 fully saturated rings. The third-order valence-electron chi connectivity index (χ3n) is 3.27. The largest absolute Gasteiger partial charge is 0.445 e. The molecule has 1 N–H and O–H groups in total. The molecule has 2 atom stereocenters. The van der Waals surface area contributed by atoms with Crippen molar-refractivity contribution in [3.05, 3.63) is 35.9 Å². The third kappa shape index (κ3) is 3.01. The Kier molecular flexibility index (Phi) is 4.20. The van der Waals surface area contributed by atoms with Gasteiger partial charge in [-0.05, 0) is 17.9 Å². The van der Waals surface area contributed by atoms with E-state index in [1.54, 1.807) is 4.90 Å². The van der Waals surface area contributed by atoms with Crippen molar-refractivity contribution < 1.29 is 14.6 Å². The van der Waals surface area contributed by atoms with Crippen LogP contribution in [0.2, 0.25) is 0 Å². The van der Waals surface area contributed by atoms with E-state index in [0.29, 0.717) is 12.5 Å². The van der Waals surface area contributed by atoms with Gasteiger partial charge in [0, 0.05) is 6.54 Å². The summed E-state index contributed by atoms with van der Waals surface area (Å²) in [6.45, 7) is 3.03. The molecular formula is C14H19NO3. The molecule has 0 spiro atoms. The lowest BCUT2D eigenvalue weighted by Crippen LogP contribution is -2.38. The summed E-state index contributed by atoms with van der Waals surface area (Å²) in [5.74, 6) is 0.423. The summed E-state index contributed by atoms with van der Waals surface area (Å²) in [5, 5.41) is 9.24. The van der Waals surface area contributed by atoms with Gasteiger partial charge in [-0.1, -0.05) is 37.3 Å². The lowest BCUT2D eigenvalue weighted by atomic mass is 10.1. The van der Waals surface area contributed by atoms with Crippen LogP contribution < -0.4 is 0 Å². The normalized spacial score (nSPS) is 23.1. The summed E-state index contributed by atoms with van der Waals surface area (Å²) < 4.78 is 5.27. The van der Waals surface area contributed by atoms with Crippen LogP contribution in [0.5, 0.6) is 0 Å². The van der Waals surface area contributed by atoms with Gasteiger partial charge in [-0.15, -0.1) is 0 Å². The van der Waals surface area contributed by atoms with E-state index in [-0.39, 0.29) is 25.3 Å². The van der Waals surface area contributed by atoms with E-state index in [4.69, 9.17) is 4.74 Å². The SMILES string of the molecule is C[C@@H]1C[C@@H](CO)N(C(=O)OCc2ccccc2)C1. The van der Waals surface area contributed by atoms with Gasteiger partial charge in [0.25, 0.3) is 0 Å². The maximum atomic E-state index is 11.9. The number of aliphatic hydroxyl groups is 1. The Morgan fingerprint density at radius 1 is 1.44 bits per heavy atom. The van der Waals surface area contributed by atoms with Crippen LogP contribution in [0.1, 0.15) is 18.9 Å². The Morgan fingerprint density at radius 3 is 2.83 bits per heavy atom. The molecule has 0 saturated carbocycles. The predicted octanol–water partition coefficient (Wildman–Crippen LogP) is 2.03. The van der Waals surface area contributed by atoms with Crippen molar-refractivity contribution in [1.82, 2.24) is 4.90 Å². The zero-order valence-electron chi connectivity index (χ0n) is 10.6. The van der Waals surface area contributed by atoms with Crippen molar-refractivity contribution in [1.29, 1.82) is 0 Å². The second kappa shape index (κ2) is 5.87. The summed E-state index contributed by atoms with van der Waals surface area (Å²) >= 11 is 0. The van der Waals surface area contributed by atoms with Crippen LogP contribution in [-0.4, -0.2) is 35.3 Å². The summed E-state index contributed by atoms with van der Waals surface area (Å²) in [7, 11) is 0. The van der Waals surface area contributed by atoms with Crippen LogP contribution in [0.4, 0.5) is 4.79 Å². The molecule has 1 aliphatic heterocycles. The van der Waals surface area contributed by atoms with Gasteiger partial charge in [0.05, 0.1) is 12.6 Å². The van der Waals surface area contributed by atoms with Crippen molar-refractivity contribution in [2.45, 2.75) is 26.0 Å².